The average Bonchev–Trinajstić information content (AvgIpc) is 0. The average molecular weight is 300 g/mol. The van der Waals surface area contributed by atoms with Gasteiger partial charge in [-0.3, -0.25) is 0 Å². The molecule has 0 aromatic heterocycles. The van der Waals surface area contributed by atoms with Gasteiger partial charge in [-0.25, -0.2) is 0 Å². The van der Waals surface area contributed by atoms with E-state index < -0.39 is 0 Å². The molecule has 0 rings (SSSR count). The van der Waals surface area contributed by atoms with Crippen molar-refractivity contribution in [3.63, 3.8) is 0 Å². The van der Waals surface area contributed by atoms with Crippen molar-refractivity contribution < 1.29 is 33.6 Å². The maximum atomic E-state index is 0. The summed E-state index contributed by atoms with van der Waals surface area (Å²) in [5, 5.41) is 0. The zero-order valence-corrected chi connectivity index (χ0v) is 8.74. The van der Waals surface area contributed by atoms with Crippen molar-refractivity contribution in [1.82, 2.24) is 0 Å². The van der Waals surface area contributed by atoms with Crippen molar-refractivity contribution in [3.05, 3.63) is 0 Å². The number of hydrogen-bond acceptors (Lipinski definition) is 0. The van der Waals surface area contributed by atoms with Gasteiger partial charge in [0.15, 0.2) is 0 Å². The minimum atomic E-state index is 0. The van der Waals surface area contributed by atoms with Gasteiger partial charge >= 0.3 is 0 Å². The Morgan fingerprint density at radius 1 is 1.00 bits per heavy atom. The second kappa shape index (κ2) is 31.8. The molecule has 5 heavy (non-hydrogen) atoms. The molecular weight excluding hydrogens is 300 g/mol. The standard InChI is InChI=1S/Cu.Ni.P.Si.Sn. The molecule has 0 aromatic carbocycles. The molecular formula is CuNiPSiSn. The Bertz CT molecular complexity index is 11.6. The molecule has 0 atom stereocenters. The summed E-state index contributed by atoms with van der Waals surface area (Å²) >= 11 is 0. The van der Waals surface area contributed by atoms with E-state index in [1.165, 1.54) is 0 Å². The summed E-state index contributed by atoms with van der Waals surface area (Å²) in [5.74, 6) is 0. The Kier molecular flexibility index (Phi) is 328. The topological polar surface area (TPSA) is 0 Å². The van der Waals surface area contributed by atoms with Crippen LogP contribution in [-0.4, -0.2) is 34.9 Å². The third-order valence-electron chi connectivity index (χ3n) is 0. The fourth-order valence-corrected chi connectivity index (χ4v) is 0. The van der Waals surface area contributed by atoms with Crippen LogP contribution in [0.4, 0.5) is 0 Å². The molecule has 0 unspecified atom stereocenters. The molecule has 0 aliphatic heterocycles. The van der Waals surface area contributed by atoms with Crippen LogP contribution >= 0.6 is 9.90 Å². The first-order chi connectivity index (χ1) is 0. The van der Waals surface area contributed by atoms with Crippen molar-refractivity contribution in [2.75, 3.05) is 0 Å². The van der Waals surface area contributed by atoms with Crippen LogP contribution in [0.25, 0.3) is 0 Å². The van der Waals surface area contributed by atoms with Crippen LogP contribution in [0.3, 0.4) is 0 Å². The summed E-state index contributed by atoms with van der Waals surface area (Å²) in [6.45, 7) is 0. The molecule has 0 saturated carbocycles. The van der Waals surface area contributed by atoms with Gasteiger partial charge in [0.25, 0.3) is 0 Å². The molecule has 0 N–H and O–H groups in total. The summed E-state index contributed by atoms with van der Waals surface area (Å²) in [7, 11) is 0. The van der Waals surface area contributed by atoms with E-state index in [0.717, 1.165) is 0 Å². The zero-order valence-electron chi connectivity index (χ0n) is 2.06. The molecule has 0 fully saturated rings. The molecule has 0 aliphatic rings. The van der Waals surface area contributed by atoms with Gasteiger partial charge in [-0.15, -0.1) is 0 Å². The SMILES string of the molecule is [Cu].[Ni].[P].[Si].[Sn]. The molecule has 5 heteroatoms. The molecule has 0 aliphatic carbocycles. The van der Waals surface area contributed by atoms with E-state index in [2.05, 4.69) is 0 Å². The van der Waals surface area contributed by atoms with Crippen LogP contribution in [0.1, 0.15) is 0 Å². The van der Waals surface area contributed by atoms with Crippen LogP contribution < -0.4 is 0 Å². The van der Waals surface area contributed by atoms with Gasteiger partial charge in [0.05, 0.1) is 0 Å². The Morgan fingerprint density at radius 3 is 1.00 bits per heavy atom. The largest absolute Gasteiger partial charge is 0 e. The van der Waals surface area contributed by atoms with Crippen LogP contribution in [0.5, 0.6) is 0 Å². The summed E-state index contributed by atoms with van der Waals surface area (Å²) < 4.78 is 0. The molecule has 0 spiro atoms. The van der Waals surface area contributed by atoms with Crippen LogP contribution in [0.2, 0.25) is 0 Å². The zero-order chi connectivity index (χ0) is 0. The smallest absolute Gasteiger partial charge is 0 e. The monoisotopic (exact) mass is 300 g/mol. The molecule has 0 nitrogen and oxygen atoms in total. The van der Waals surface area contributed by atoms with Gasteiger partial charge in [0.1, 0.15) is 0 Å². The van der Waals surface area contributed by atoms with E-state index in [4.69, 9.17) is 0 Å². The predicted octanol–water partition coefficient (Wildman–Crippen LogP) is 0.0946. The first kappa shape index (κ1) is 51.5. The molecule has 0 aromatic rings. The summed E-state index contributed by atoms with van der Waals surface area (Å²) in [5.41, 5.74) is 0. The van der Waals surface area contributed by atoms with Crippen LogP contribution in [0.15, 0.2) is 0 Å². The van der Waals surface area contributed by atoms with E-state index in [1.54, 1.807) is 0 Å². The predicted molar refractivity (Wildman–Crippen MR) is 18.4 cm³/mol. The van der Waals surface area contributed by atoms with E-state index in [-0.39, 0.29) is 78.3 Å². The van der Waals surface area contributed by atoms with Gasteiger partial charge in [-0.2, -0.15) is 0 Å². The summed E-state index contributed by atoms with van der Waals surface area (Å²) in [4.78, 5) is 0. The van der Waals surface area contributed by atoms with Gasteiger partial charge in [0.2, 0.25) is 0 Å². The molecule has 34 valence electrons. The Morgan fingerprint density at radius 2 is 1.00 bits per heavy atom. The minimum absolute atomic E-state index is 0. The van der Waals surface area contributed by atoms with Crippen LogP contribution in [0, 0.1) is 0 Å². The quantitative estimate of drug-likeness (QED) is 0.439. The van der Waals surface area contributed by atoms with Gasteiger partial charge in [-0.1, -0.05) is 0 Å². The summed E-state index contributed by atoms with van der Waals surface area (Å²) in [6, 6.07) is 0. The van der Waals surface area contributed by atoms with Crippen LogP contribution in [-0.2, 0) is 33.6 Å². The fraction of sp³-hybridized carbons (Fsp3) is 0. The van der Waals surface area contributed by atoms with Crippen molar-refractivity contribution in [1.29, 1.82) is 0 Å². The number of hydrogen-bond donors (Lipinski definition) is 0. The van der Waals surface area contributed by atoms with Gasteiger partial charge in [0, 0.05) is 78.3 Å². The van der Waals surface area contributed by atoms with Crippen molar-refractivity contribution >= 4 is 44.8 Å². The molecule has 0 heterocycles. The van der Waals surface area contributed by atoms with Crippen molar-refractivity contribution in [3.8, 4) is 0 Å². The van der Waals surface area contributed by atoms with E-state index in [9.17, 15) is 0 Å². The Hall–Kier alpha value is 2.46. The first-order valence-corrected chi connectivity index (χ1v) is 0. The maximum absolute atomic E-state index is 0. The normalized spacial score (nSPS) is 0. The summed E-state index contributed by atoms with van der Waals surface area (Å²) in [6.07, 6.45) is 0. The Balaban J connectivity index is 0. The van der Waals surface area contributed by atoms with Gasteiger partial charge < -0.3 is 0 Å². The maximum Gasteiger partial charge on any atom is 0 e. The van der Waals surface area contributed by atoms with Crippen molar-refractivity contribution in [2.45, 2.75) is 0 Å². The third-order valence-corrected chi connectivity index (χ3v) is 0. The molecule has 0 saturated heterocycles. The van der Waals surface area contributed by atoms with E-state index in [1.807, 2.05) is 0 Å². The third kappa shape index (κ3) is 21.2. The number of rotatable bonds is 0. The van der Waals surface area contributed by atoms with Crippen molar-refractivity contribution in [2.24, 2.45) is 0 Å². The van der Waals surface area contributed by atoms with E-state index >= 15 is 0 Å². The van der Waals surface area contributed by atoms with Gasteiger partial charge in [-0.05, 0) is 0 Å². The Labute approximate surface area is 77.6 Å². The molecule has 0 bridgehead atoms. The molecule has 0 amide bonds. The van der Waals surface area contributed by atoms with E-state index in [0.29, 0.717) is 0 Å². The second-order valence-electron chi connectivity index (χ2n) is 0. The first-order valence-electron chi connectivity index (χ1n) is 0. The minimum Gasteiger partial charge on any atom is 0 e. The molecule has 12 radical (unpaired) electrons. The fourth-order valence-electron chi connectivity index (χ4n) is 0. The second-order valence-corrected chi connectivity index (χ2v) is 0.